The highest BCUT2D eigenvalue weighted by atomic mass is 127. The highest BCUT2D eigenvalue weighted by molar-refractivity contribution is 14.1. The van der Waals surface area contributed by atoms with Crippen LogP contribution >= 0.6 is 22.6 Å². The largest absolute Gasteiger partial charge is 0.384 e. The molecule has 0 saturated heterocycles. The maximum Gasteiger partial charge on any atom is 0.125 e. The Balaban J connectivity index is 2.52. The van der Waals surface area contributed by atoms with Crippen LogP contribution in [0.25, 0.3) is 11.1 Å². The fraction of sp³-hybridized carbons (Fsp3) is 0. The molecule has 70 valence electrons. The number of pyridine rings is 1. The lowest BCUT2D eigenvalue weighted by Gasteiger charge is -2.02. The Morgan fingerprint density at radius 3 is 2.36 bits per heavy atom. The predicted octanol–water partition coefficient (Wildman–Crippen LogP) is 2.94. The molecule has 2 N–H and O–H groups in total. The first-order chi connectivity index (χ1) is 6.75. The van der Waals surface area contributed by atoms with E-state index in [4.69, 9.17) is 5.73 Å². The quantitative estimate of drug-likeness (QED) is 0.649. The van der Waals surface area contributed by atoms with Gasteiger partial charge in [-0.25, -0.2) is 4.98 Å². The summed E-state index contributed by atoms with van der Waals surface area (Å²) in [6.45, 7) is 0. The van der Waals surface area contributed by atoms with Crippen molar-refractivity contribution in [2.24, 2.45) is 0 Å². The van der Waals surface area contributed by atoms with Gasteiger partial charge < -0.3 is 5.73 Å². The lowest BCUT2D eigenvalue weighted by Crippen LogP contribution is -1.92. The van der Waals surface area contributed by atoms with Crippen LogP contribution in [0, 0.1) is 3.70 Å². The molecule has 0 spiro atoms. The van der Waals surface area contributed by atoms with Crippen molar-refractivity contribution in [2.45, 2.75) is 0 Å². The highest BCUT2D eigenvalue weighted by Gasteiger charge is 1.99. The van der Waals surface area contributed by atoms with Gasteiger partial charge in [0, 0.05) is 0 Å². The highest BCUT2D eigenvalue weighted by Crippen LogP contribution is 2.21. The minimum absolute atomic E-state index is 0.566. The van der Waals surface area contributed by atoms with E-state index in [0.29, 0.717) is 5.82 Å². The van der Waals surface area contributed by atoms with Gasteiger partial charge in [0.15, 0.2) is 0 Å². The monoisotopic (exact) mass is 296 g/mol. The van der Waals surface area contributed by atoms with Crippen molar-refractivity contribution in [3.63, 3.8) is 0 Å². The Morgan fingerprint density at radius 2 is 1.71 bits per heavy atom. The van der Waals surface area contributed by atoms with Gasteiger partial charge in [-0.2, -0.15) is 0 Å². The van der Waals surface area contributed by atoms with Crippen molar-refractivity contribution in [2.75, 3.05) is 5.73 Å². The summed E-state index contributed by atoms with van der Waals surface area (Å²) in [5, 5.41) is 0. The number of anilines is 1. The summed E-state index contributed by atoms with van der Waals surface area (Å²) >= 11 is 2.17. The lowest BCUT2D eigenvalue weighted by molar-refractivity contribution is 1.28. The van der Waals surface area contributed by atoms with Gasteiger partial charge in [-0.05, 0) is 45.9 Å². The zero-order valence-electron chi connectivity index (χ0n) is 7.44. The number of benzene rings is 1. The Kier molecular flexibility index (Phi) is 2.67. The Morgan fingerprint density at radius 1 is 1.00 bits per heavy atom. The SMILES string of the molecule is Nc1cc(-c2ccccc2)cc(I)n1. The summed E-state index contributed by atoms with van der Waals surface area (Å²) in [4.78, 5) is 4.12. The van der Waals surface area contributed by atoms with Crippen LogP contribution in [0.1, 0.15) is 0 Å². The molecular formula is C11H9IN2. The van der Waals surface area contributed by atoms with Gasteiger partial charge in [-0.15, -0.1) is 0 Å². The van der Waals surface area contributed by atoms with Crippen molar-refractivity contribution in [3.8, 4) is 11.1 Å². The summed E-state index contributed by atoms with van der Waals surface area (Å²) in [6, 6.07) is 14.1. The molecule has 0 aliphatic rings. The maximum absolute atomic E-state index is 5.68. The minimum atomic E-state index is 0.566. The first-order valence-corrected chi connectivity index (χ1v) is 5.32. The van der Waals surface area contributed by atoms with Crippen LogP contribution in [0.3, 0.4) is 0 Å². The molecule has 0 saturated carbocycles. The molecule has 0 fully saturated rings. The second-order valence-electron chi connectivity index (χ2n) is 2.97. The van der Waals surface area contributed by atoms with Gasteiger partial charge in [0.1, 0.15) is 9.52 Å². The molecule has 0 aliphatic carbocycles. The van der Waals surface area contributed by atoms with Gasteiger partial charge in [0.2, 0.25) is 0 Å². The number of aromatic nitrogens is 1. The molecule has 3 heteroatoms. The van der Waals surface area contributed by atoms with Crippen LogP contribution < -0.4 is 5.73 Å². The van der Waals surface area contributed by atoms with Crippen molar-refractivity contribution >= 4 is 28.4 Å². The van der Waals surface area contributed by atoms with Crippen LogP contribution in [-0.4, -0.2) is 4.98 Å². The summed E-state index contributed by atoms with van der Waals surface area (Å²) in [5.41, 5.74) is 7.96. The average Bonchev–Trinajstić information content (AvgIpc) is 2.18. The first kappa shape index (κ1) is 9.45. The Bertz CT molecular complexity index is 420. The van der Waals surface area contributed by atoms with Gasteiger partial charge in [0.05, 0.1) is 0 Å². The molecule has 0 radical (unpaired) electrons. The van der Waals surface area contributed by atoms with E-state index in [2.05, 4.69) is 39.7 Å². The molecule has 2 rings (SSSR count). The molecule has 0 amide bonds. The zero-order chi connectivity index (χ0) is 9.97. The Labute approximate surface area is 96.3 Å². The van der Waals surface area contributed by atoms with E-state index in [1.807, 2.05) is 30.3 Å². The standard InChI is InChI=1S/C11H9IN2/c12-10-6-9(7-11(13)14-10)8-4-2-1-3-5-8/h1-7H,(H2,13,14). The molecule has 14 heavy (non-hydrogen) atoms. The zero-order valence-corrected chi connectivity index (χ0v) is 9.60. The fourth-order valence-corrected chi connectivity index (χ4v) is 1.93. The van der Waals surface area contributed by atoms with Gasteiger partial charge in [0.25, 0.3) is 0 Å². The number of hydrogen-bond acceptors (Lipinski definition) is 2. The van der Waals surface area contributed by atoms with Gasteiger partial charge in [-0.1, -0.05) is 30.3 Å². The minimum Gasteiger partial charge on any atom is -0.384 e. The molecular weight excluding hydrogens is 287 g/mol. The normalized spacial score (nSPS) is 10.1. The number of nitrogens with zero attached hydrogens (tertiary/aromatic N) is 1. The van der Waals surface area contributed by atoms with E-state index in [0.717, 1.165) is 9.26 Å². The molecule has 2 nitrogen and oxygen atoms in total. The number of halogens is 1. The topological polar surface area (TPSA) is 38.9 Å². The number of rotatable bonds is 1. The van der Waals surface area contributed by atoms with Gasteiger partial charge >= 0.3 is 0 Å². The van der Waals surface area contributed by atoms with E-state index in [1.54, 1.807) is 0 Å². The van der Waals surface area contributed by atoms with Crippen molar-refractivity contribution in [1.29, 1.82) is 0 Å². The molecule has 1 heterocycles. The van der Waals surface area contributed by atoms with Crippen molar-refractivity contribution < 1.29 is 0 Å². The third-order valence-electron chi connectivity index (χ3n) is 1.92. The average molecular weight is 296 g/mol. The van der Waals surface area contributed by atoms with Crippen LogP contribution in [0.15, 0.2) is 42.5 Å². The summed E-state index contributed by atoms with van der Waals surface area (Å²) in [7, 11) is 0. The fourth-order valence-electron chi connectivity index (χ4n) is 1.31. The Hall–Kier alpha value is -1.10. The van der Waals surface area contributed by atoms with E-state index < -0.39 is 0 Å². The van der Waals surface area contributed by atoms with Crippen LogP contribution in [0.4, 0.5) is 5.82 Å². The smallest absolute Gasteiger partial charge is 0.125 e. The van der Waals surface area contributed by atoms with E-state index >= 15 is 0 Å². The second-order valence-corrected chi connectivity index (χ2v) is 4.07. The van der Waals surface area contributed by atoms with Crippen molar-refractivity contribution in [3.05, 3.63) is 46.2 Å². The maximum atomic E-state index is 5.68. The van der Waals surface area contributed by atoms with Crippen LogP contribution in [-0.2, 0) is 0 Å². The third kappa shape index (κ3) is 2.04. The molecule has 1 aromatic heterocycles. The number of nitrogens with two attached hydrogens (primary N) is 1. The molecule has 0 bridgehead atoms. The second kappa shape index (κ2) is 3.96. The summed E-state index contributed by atoms with van der Waals surface area (Å²) < 4.78 is 0.918. The third-order valence-corrected chi connectivity index (χ3v) is 2.47. The molecule has 0 aliphatic heterocycles. The predicted molar refractivity (Wildman–Crippen MR) is 66.8 cm³/mol. The lowest BCUT2D eigenvalue weighted by atomic mass is 10.1. The number of nitrogen functional groups attached to an aromatic ring is 1. The van der Waals surface area contributed by atoms with E-state index in [9.17, 15) is 0 Å². The number of hydrogen-bond donors (Lipinski definition) is 1. The van der Waals surface area contributed by atoms with Gasteiger partial charge in [-0.3, -0.25) is 0 Å². The molecule has 1 aromatic carbocycles. The van der Waals surface area contributed by atoms with E-state index in [1.165, 1.54) is 5.56 Å². The first-order valence-electron chi connectivity index (χ1n) is 4.24. The van der Waals surface area contributed by atoms with Crippen molar-refractivity contribution in [1.82, 2.24) is 4.98 Å². The summed E-state index contributed by atoms with van der Waals surface area (Å²) in [5.74, 6) is 0.566. The summed E-state index contributed by atoms with van der Waals surface area (Å²) in [6.07, 6.45) is 0. The molecule has 0 unspecified atom stereocenters. The molecule has 0 atom stereocenters. The molecule has 2 aromatic rings. The van der Waals surface area contributed by atoms with Crippen LogP contribution in [0.5, 0.6) is 0 Å². The van der Waals surface area contributed by atoms with E-state index in [-0.39, 0.29) is 0 Å². The van der Waals surface area contributed by atoms with Crippen LogP contribution in [0.2, 0.25) is 0 Å².